The second kappa shape index (κ2) is 7.30. The van der Waals surface area contributed by atoms with Crippen molar-refractivity contribution in [3.8, 4) is 11.6 Å². The number of methoxy groups -OCH3 is 1. The number of aromatic nitrogens is 4. The quantitative estimate of drug-likeness (QED) is 0.734. The SMILES string of the molecule is COc1ccc(NC(=O)C2CN(c3cc(-n4nc(C)cc4C)ncn3)C2)cc1. The number of carbonyl (C=O) groups is 1. The molecule has 1 saturated heterocycles. The standard InChI is InChI=1S/C20H22N6O2/c1-13-8-14(2)26(24-13)19-9-18(21-12-22-19)25-10-15(11-25)20(27)23-16-4-6-17(28-3)7-5-16/h4-9,12,15H,10-11H2,1-3H3,(H,23,27). The molecule has 1 fully saturated rings. The van der Waals surface area contributed by atoms with Crippen LogP contribution in [0.3, 0.4) is 0 Å². The van der Waals surface area contributed by atoms with Gasteiger partial charge >= 0.3 is 0 Å². The summed E-state index contributed by atoms with van der Waals surface area (Å²) >= 11 is 0. The van der Waals surface area contributed by atoms with Gasteiger partial charge in [0.1, 0.15) is 17.9 Å². The molecule has 0 saturated carbocycles. The van der Waals surface area contributed by atoms with Crippen LogP contribution in [0.4, 0.5) is 11.5 Å². The van der Waals surface area contributed by atoms with Crippen LogP contribution in [0.25, 0.3) is 5.82 Å². The summed E-state index contributed by atoms with van der Waals surface area (Å²) in [6, 6.07) is 11.2. The number of nitrogens with zero attached hydrogens (tertiary/aromatic N) is 5. The summed E-state index contributed by atoms with van der Waals surface area (Å²) in [6.07, 6.45) is 1.53. The van der Waals surface area contributed by atoms with Gasteiger partial charge in [-0.1, -0.05) is 0 Å². The topological polar surface area (TPSA) is 85.2 Å². The molecule has 0 bridgehead atoms. The maximum absolute atomic E-state index is 12.4. The van der Waals surface area contributed by atoms with Crippen LogP contribution in [-0.4, -0.2) is 45.9 Å². The predicted molar refractivity (Wildman–Crippen MR) is 106 cm³/mol. The highest BCUT2D eigenvalue weighted by molar-refractivity contribution is 5.94. The average molecular weight is 378 g/mol. The van der Waals surface area contributed by atoms with Gasteiger partial charge in [0.2, 0.25) is 5.91 Å². The summed E-state index contributed by atoms with van der Waals surface area (Å²) < 4.78 is 6.93. The maximum atomic E-state index is 12.4. The molecule has 3 aromatic rings. The monoisotopic (exact) mass is 378 g/mol. The van der Waals surface area contributed by atoms with Crippen molar-refractivity contribution in [1.82, 2.24) is 19.7 Å². The van der Waals surface area contributed by atoms with Gasteiger partial charge in [0.15, 0.2) is 5.82 Å². The fraction of sp³-hybridized carbons (Fsp3) is 0.300. The van der Waals surface area contributed by atoms with Gasteiger partial charge in [0, 0.05) is 30.5 Å². The van der Waals surface area contributed by atoms with E-state index in [0.717, 1.165) is 34.5 Å². The van der Waals surface area contributed by atoms with Crippen molar-refractivity contribution >= 4 is 17.4 Å². The van der Waals surface area contributed by atoms with Crippen molar-refractivity contribution in [2.24, 2.45) is 5.92 Å². The second-order valence-corrected chi connectivity index (χ2v) is 6.89. The lowest BCUT2D eigenvalue weighted by molar-refractivity contribution is -0.120. The van der Waals surface area contributed by atoms with E-state index in [-0.39, 0.29) is 11.8 Å². The molecule has 2 aromatic heterocycles. The summed E-state index contributed by atoms with van der Waals surface area (Å²) in [5, 5.41) is 7.41. The number of aryl methyl sites for hydroxylation is 2. The summed E-state index contributed by atoms with van der Waals surface area (Å²) in [4.78, 5) is 23.2. The number of hydrogen-bond donors (Lipinski definition) is 1. The number of nitrogens with one attached hydrogen (secondary N) is 1. The Labute approximate surface area is 163 Å². The lowest BCUT2D eigenvalue weighted by Gasteiger charge is -2.39. The van der Waals surface area contributed by atoms with E-state index in [1.807, 2.05) is 50.2 Å². The first-order valence-electron chi connectivity index (χ1n) is 9.09. The molecule has 0 unspecified atom stereocenters. The lowest BCUT2D eigenvalue weighted by atomic mass is 9.99. The van der Waals surface area contributed by atoms with Gasteiger partial charge in [-0.3, -0.25) is 4.79 Å². The molecule has 8 nitrogen and oxygen atoms in total. The van der Waals surface area contributed by atoms with Crippen molar-refractivity contribution < 1.29 is 9.53 Å². The fourth-order valence-electron chi connectivity index (χ4n) is 3.24. The molecule has 4 rings (SSSR count). The van der Waals surface area contributed by atoms with Gasteiger partial charge in [0.05, 0.1) is 18.7 Å². The predicted octanol–water partition coefficient (Wildman–Crippen LogP) is 2.36. The Morgan fingerprint density at radius 1 is 1.11 bits per heavy atom. The van der Waals surface area contributed by atoms with Crippen LogP contribution in [0.2, 0.25) is 0 Å². The molecule has 0 aliphatic carbocycles. The Morgan fingerprint density at radius 3 is 2.46 bits per heavy atom. The summed E-state index contributed by atoms with van der Waals surface area (Å²) in [5.41, 5.74) is 2.72. The molecule has 0 spiro atoms. The highest BCUT2D eigenvalue weighted by Gasteiger charge is 2.33. The lowest BCUT2D eigenvalue weighted by Crippen LogP contribution is -2.52. The van der Waals surface area contributed by atoms with Gasteiger partial charge in [-0.25, -0.2) is 14.6 Å². The van der Waals surface area contributed by atoms with E-state index in [2.05, 4.69) is 25.3 Å². The molecule has 0 atom stereocenters. The number of benzene rings is 1. The highest BCUT2D eigenvalue weighted by Crippen LogP contribution is 2.25. The van der Waals surface area contributed by atoms with Crippen LogP contribution in [0.15, 0.2) is 42.7 Å². The molecule has 28 heavy (non-hydrogen) atoms. The number of ether oxygens (including phenoxy) is 1. The summed E-state index contributed by atoms with van der Waals surface area (Å²) in [7, 11) is 1.62. The number of hydrogen-bond acceptors (Lipinski definition) is 6. The van der Waals surface area contributed by atoms with Crippen LogP contribution in [-0.2, 0) is 4.79 Å². The first kappa shape index (κ1) is 18.0. The van der Waals surface area contributed by atoms with Crippen LogP contribution in [0, 0.1) is 19.8 Å². The number of anilines is 2. The van der Waals surface area contributed by atoms with E-state index in [9.17, 15) is 4.79 Å². The Kier molecular flexibility index (Phi) is 4.68. The molecule has 1 amide bonds. The van der Waals surface area contributed by atoms with Crippen molar-refractivity contribution in [2.75, 3.05) is 30.4 Å². The molecule has 1 aromatic carbocycles. The van der Waals surface area contributed by atoms with Crippen LogP contribution < -0.4 is 15.0 Å². The highest BCUT2D eigenvalue weighted by atomic mass is 16.5. The molecule has 8 heteroatoms. The minimum Gasteiger partial charge on any atom is -0.497 e. The number of rotatable bonds is 5. The van der Waals surface area contributed by atoms with E-state index in [4.69, 9.17) is 4.74 Å². The van der Waals surface area contributed by atoms with Crippen LogP contribution >= 0.6 is 0 Å². The first-order valence-corrected chi connectivity index (χ1v) is 9.09. The summed E-state index contributed by atoms with van der Waals surface area (Å²) in [6.45, 7) is 5.18. The van der Waals surface area contributed by atoms with E-state index in [1.54, 1.807) is 11.8 Å². The van der Waals surface area contributed by atoms with E-state index >= 15 is 0 Å². The fourth-order valence-corrected chi connectivity index (χ4v) is 3.24. The number of carbonyl (C=O) groups excluding carboxylic acids is 1. The van der Waals surface area contributed by atoms with E-state index < -0.39 is 0 Å². The van der Waals surface area contributed by atoms with E-state index in [0.29, 0.717) is 13.1 Å². The second-order valence-electron chi connectivity index (χ2n) is 6.89. The van der Waals surface area contributed by atoms with Gasteiger partial charge in [0.25, 0.3) is 0 Å². The molecule has 144 valence electrons. The molecule has 3 heterocycles. The zero-order valence-corrected chi connectivity index (χ0v) is 16.1. The minimum atomic E-state index is -0.0748. The third-order valence-electron chi connectivity index (χ3n) is 4.80. The van der Waals surface area contributed by atoms with E-state index in [1.165, 1.54) is 6.33 Å². The molecular weight excluding hydrogens is 356 g/mol. The Hall–Kier alpha value is -3.42. The van der Waals surface area contributed by atoms with Crippen LogP contribution in [0.5, 0.6) is 5.75 Å². The summed E-state index contributed by atoms with van der Waals surface area (Å²) in [5.74, 6) is 2.21. The third kappa shape index (κ3) is 3.53. The molecular formula is C20H22N6O2. The molecule has 0 radical (unpaired) electrons. The zero-order valence-electron chi connectivity index (χ0n) is 16.1. The molecule has 1 aliphatic heterocycles. The Bertz CT molecular complexity index is 992. The van der Waals surface area contributed by atoms with Crippen molar-refractivity contribution in [2.45, 2.75) is 13.8 Å². The van der Waals surface area contributed by atoms with Gasteiger partial charge in [-0.15, -0.1) is 0 Å². The Morgan fingerprint density at radius 2 is 1.82 bits per heavy atom. The minimum absolute atomic E-state index is 0.00856. The van der Waals surface area contributed by atoms with Crippen molar-refractivity contribution in [3.63, 3.8) is 0 Å². The average Bonchev–Trinajstić information content (AvgIpc) is 2.99. The normalized spacial score (nSPS) is 13.9. The number of amides is 1. The van der Waals surface area contributed by atoms with Crippen molar-refractivity contribution in [1.29, 1.82) is 0 Å². The smallest absolute Gasteiger partial charge is 0.231 e. The Balaban J connectivity index is 1.39. The first-order chi connectivity index (χ1) is 13.5. The third-order valence-corrected chi connectivity index (χ3v) is 4.80. The van der Waals surface area contributed by atoms with Gasteiger partial charge in [-0.05, 0) is 44.2 Å². The van der Waals surface area contributed by atoms with Crippen LogP contribution in [0.1, 0.15) is 11.4 Å². The molecule has 1 aliphatic rings. The zero-order chi connectivity index (χ0) is 19.7. The van der Waals surface area contributed by atoms with Crippen molar-refractivity contribution in [3.05, 3.63) is 54.1 Å². The van der Waals surface area contributed by atoms with Gasteiger partial charge in [-0.2, -0.15) is 5.10 Å². The largest absolute Gasteiger partial charge is 0.497 e. The molecule has 1 N–H and O–H groups in total. The van der Waals surface area contributed by atoms with Gasteiger partial charge < -0.3 is 15.0 Å². The maximum Gasteiger partial charge on any atom is 0.231 e.